The summed E-state index contributed by atoms with van der Waals surface area (Å²) in [5.41, 5.74) is 8.68. The predicted molar refractivity (Wildman–Crippen MR) is 78.9 cm³/mol. The number of aliphatic imine (C=N–C) groups is 1. The number of hydrogen-bond acceptors (Lipinski definition) is 3. The van der Waals surface area contributed by atoms with Gasteiger partial charge in [0.1, 0.15) is 0 Å². The van der Waals surface area contributed by atoms with Gasteiger partial charge in [0.25, 0.3) is 0 Å². The van der Waals surface area contributed by atoms with Gasteiger partial charge in [0.15, 0.2) is 5.17 Å². The monoisotopic (exact) mass is 260 g/mol. The molecule has 2 atom stereocenters. The summed E-state index contributed by atoms with van der Waals surface area (Å²) in [5, 5.41) is 0.773. The molecule has 2 N–H and O–H groups in total. The molecule has 0 unspecified atom stereocenters. The molecule has 0 amide bonds. The Balaban J connectivity index is 2.10. The molecule has 0 saturated heterocycles. The molecule has 1 fully saturated rings. The van der Waals surface area contributed by atoms with Crippen LogP contribution < -0.4 is 5.73 Å². The molecule has 1 saturated carbocycles. The van der Waals surface area contributed by atoms with E-state index in [-0.39, 0.29) is 5.54 Å². The topological polar surface area (TPSA) is 38.4 Å². The van der Waals surface area contributed by atoms with E-state index >= 15 is 0 Å². The van der Waals surface area contributed by atoms with Gasteiger partial charge in [-0.05, 0) is 31.2 Å². The molecule has 0 bridgehead atoms. The highest BCUT2D eigenvalue weighted by atomic mass is 32.2. The van der Waals surface area contributed by atoms with Crippen molar-refractivity contribution < 1.29 is 0 Å². The highest BCUT2D eigenvalue weighted by molar-refractivity contribution is 8.13. The molecule has 1 aromatic rings. The summed E-state index contributed by atoms with van der Waals surface area (Å²) in [6, 6.07) is 8.84. The van der Waals surface area contributed by atoms with Gasteiger partial charge in [-0.2, -0.15) is 0 Å². The predicted octanol–water partition coefficient (Wildman–Crippen LogP) is 3.44. The van der Waals surface area contributed by atoms with E-state index in [4.69, 9.17) is 10.7 Å². The number of amidine groups is 1. The van der Waals surface area contributed by atoms with Crippen molar-refractivity contribution in [2.45, 2.75) is 38.1 Å². The summed E-state index contributed by atoms with van der Waals surface area (Å²) >= 11 is 1.73. The first-order valence-electron chi connectivity index (χ1n) is 6.76. The van der Waals surface area contributed by atoms with Gasteiger partial charge >= 0.3 is 0 Å². The molecular weight excluding hydrogens is 240 g/mol. The molecule has 1 heterocycles. The van der Waals surface area contributed by atoms with Crippen LogP contribution in [0.4, 0.5) is 0 Å². The van der Waals surface area contributed by atoms with Crippen LogP contribution in [-0.4, -0.2) is 10.9 Å². The van der Waals surface area contributed by atoms with Gasteiger partial charge in [0.2, 0.25) is 0 Å². The number of nitrogens with zero attached hydrogens (tertiary/aromatic N) is 1. The lowest BCUT2D eigenvalue weighted by Gasteiger charge is -2.44. The zero-order valence-corrected chi connectivity index (χ0v) is 11.7. The Morgan fingerprint density at radius 1 is 1.39 bits per heavy atom. The Morgan fingerprint density at radius 2 is 2.28 bits per heavy atom. The van der Waals surface area contributed by atoms with E-state index in [1.807, 2.05) is 0 Å². The van der Waals surface area contributed by atoms with Gasteiger partial charge < -0.3 is 5.73 Å². The summed E-state index contributed by atoms with van der Waals surface area (Å²) in [5.74, 6) is 1.79. The molecule has 2 nitrogen and oxygen atoms in total. The summed E-state index contributed by atoms with van der Waals surface area (Å²) in [6.45, 7) is 2.16. The normalized spacial score (nSPS) is 31.6. The number of rotatable bonds is 1. The fraction of sp³-hybridized carbons (Fsp3) is 0.533. The van der Waals surface area contributed by atoms with Crippen LogP contribution in [0, 0.1) is 12.8 Å². The molecule has 3 rings (SSSR count). The highest BCUT2D eigenvalue weighted by Crippen LogP contribution is 2.48. The van der Waals surface area contributed by atoms with Crippen molar-refractivity contribution >= 4 is 16.9 Å². The Morgan fingerprint density at radius 3 is 3.11 bits per heavy atom. The van der Waals surface area contributed by atoms with Crippen LogP contribution in [0.1, 0.15) is 36.8 Å². The number of thioether (sulfide) groups is 1. The van der Waals surface area contributed by atoms with Crippen LogP contribution >= 0.6 is 11.8 Å². The van der Waals surface area contributed by atoms with Crippen LogP contribution in [0.3, 0.4) is 0 Å². The van der Waals surface area contributed by atoms with Gasteiger partial charge in [-0.25, -0.2) is 0 Å². The van der Waals surface area contributed by atoms with Crippen LogP contribution in [0.5, 0.6) is 0 Å². The largest absolute Gasteiger partial charge is 0.379 e. The zero-order valence-electron chi connectivity index (χ0n) is 10.9. The van der Waals surface area contributed by atoms with E-state index < -0.39 is 0 Å². The second kappa shape index (κ2) is 4.61. The Labute approximate surface area is 113 Å². The quantitative estimate of drug-likeness (QED) is 0.840. The van der Waals surface area contributed by atoms with E-state index in [0.29, 0.717) is 5.92 Å². The van der Waals surface area contributed by atoms with Crippen molar-refractivity contribution in [2.24, 2.45) is 16.6 Å². The first-order chi connectivity index (χ1) is 8.71. The third kappa shape index (κ3) is 1.95. The minimum absolute atomic E-state index is 0.0282. The third-order valence-electron chi connectivity index (χ3n) is 4.30. The maximum absolute atomic E-state index is 6.02. The van der Waals surface area contributed by atoms with Crippen molar-refractivity contribution in [3.63, 3.8) is 0 Å². The number of aryl methyl sites for hydroxylation is 1. The Hall–Kier alpha value is -0.960. The highest BCUT2D eigenvalue weighted by Gasteiger charge is 2.44. The molecule has 2 aliphatic rings. The average molecular weight is 260 g/mol. The third-order valence-corrected chi connectivity index (χ3v) is 5.25. The summed E-state index contributed by atoms with van der Waals surface area (Å²) in [7, 11) is 0. The van der Waals surface area contributed by atoms with E-state index in [1.54, 1.807) is 11.8 Å². The Bertz CT molecular complexity index is 483. The minimum atomic E-state index is -0.0282. The summed E-state index contributed by atoms with van der Waals surface area (Å²) in [6.07, 6.45) is 5.06. The number of fused-ring (bicyclic) bond motifs is 1. The van der Waals surface area contributed by atoms with E-state index in [0.717, 1.165) is 17.3 Å². The van der Waals surface area contributed by atoms with Crippen molar-refractivity contribution in [3.05, 3.63) is 35.4 Å². The van der Waals surface area contributed by atoms with E-state index in [2.05, 4.69) is 31.2 Å². The van der Waals surface area contributed by atoms with Gasteiger partial charge in [-0.15, -0.1) is 0 Å². The SMILES string of the molecule is Cc1cccc([C@]23CCCC[C@H]2CSC(N)=N3)c1. The fourth-order valence-corrected chi connectivity index (χ4v) is 4.41. The lowest BCUT2D eigenvalue weighted by molar-refractivity contribution is 0.212. The molecule has 1 aliphatic heterocycles. The molecule has 96 valence electrons. The molecule has 3 heteroatoms. The number of benzene rings is 1. The zero-order chi connectivity index (χ0) is 12.6. The Kier molecular flexibility index (Phi) is 3.10. The smallest absolute Gasteiger partial charge is 0.154 e. The summed E-state index contributed by atoms with van der Waals surface area (Å²) < 4.78 is 0. The summed E-state index contributed by atoms with van der Waals surface area (Å²) in [4.78, 5) is 4.90. The van der Waals surface area contributed by atoms with Crippen molar-refractivity contribution in [2.75, 3.05) is 5.75 Å². The van der Waals surface area contributed by atoms with Crippen LogP contribution in [0.15, 0.2) is 29.3 Å². The van der Waals surface area contributed by atoms with Crippen molar-refractivity contribution in [1.29, 1.82) is 0 Å². The van der Waals surface area contributed by atoms with Crippen molar-refractivity contribution in [1.82, 2.24) is 0 Å². The van der Waals surface area contributed by atoms with E-state index in [1.165, 1.54) is 30.4 Å². The number of hydrogen-bond donors (Lipinski definition) is 1. The second-order valence-electron chi connectivity index (χ2n) is 5.50. The first-order valence-corrected chi connectivity index (χ1v) is 7.74. The first kappa shape index (κ1) is 12.1. The van der Waals surface area contributed by atoms with Gasteiger partial charge in [0, 0.05) is 5.75 Å². The standard InChI is InChI=1S/C15H20N2S/c1-11-5-4-7-12(9-11)15-8-3-2-6-13(15)10-18-14(16)17-15/h4-5,7,9,13H,2-3,6,8,10H2,1H3,(H2,16,17)/t13-,15+/m0/s1. The molecular formula is C15H20N2S. The van der Waals surface area contributed by atoms with Crippen LogP contribution in [0.25, 0.3) is 0 Å². The van der Waals surface area contributed by atoms with Gasteiger partial charge in [-0.1, -0.05) is 54.4 Å². The van der Waals surface area contributed by atoms with E-state index in [9.17, 15) is 0 Å². The molecule has 1 aromatic carbocycles. The average Bonchev–Trinajstić information content (AvgIpc) is 2.38. The maximum atomic E-state index is 6.02. The van der Waals surface area contributed by atoms with Crippen LogP contribution in [-0.2, 0) is 5.54 Å². The lowest BCUT2D eigenvalue weighted by Crippen LogP contribution is -2.42. The maximum Gasteiger partial charge on any atom is 0.154 e. The fourth-order valence-electron chi connectivity index (χ4n) is 3.37. The molecule has 0 aromatic heterocycles. The lowest BCUT2D eigenvalue weighted by atomic mass is 9.69. The van der Waals surface area contributed by atoms with Crippen molar-refractivity contribution in [3.8, 4) is 0 Å². The van der Waals surface area contributed by atoms with Gasteiger partial charge in [0.05, 0.1) is 5.54 Å². The molecule has 1 aliphatic carbocycles. The number of nitrogens with two attached hydrogens (primary N) is 1. The molecule has 0 spiro atoms. The molecule has 18 heavy (non-hydrogen) atoms. The van der Waals surface area contributed by atoms with Crippen LogP contribution in [0.2, 0.25) is 0 Å². The van der Waals surface area contributed by atoms with Gasteiger partial charge in [-0.3, -0.25) is 4.99 Å². The molecule has 0 radical (unpaired) electrons. The minimum Gasteiger partial charge on any atom is -0.379 e. The second-order valence-corrected chi connectivity index (χ2v) is 6.54.